The van der Waals surface area contributed by atoms with Gasteiger partial charge >= 0.3 is 0 Å². The summed E-state index contributed by atoms with van der Waals surface area (Å²) in [6.07, 6.45) is 0. The van der Waals surface area contributed by atoms with Crippen LogP contribution in [0.4, 0.5) is 11.4 Å². The molecule has 1 amide bonds. The second-order valence-electron chi connectivity index (χ2n) is 10.4. The van der Waals surface area contributed by atoms with E-state index in [0.717, 1.165) is 43.1 Å². The van der Waals surface area contributed by atoms with Crippen LogP contribution in [0.1, 0.15) is 54.7 Å². The number of carbonyl (C=O) groups is 1. The number of anilines is 2. The zero-order valence-corrected chi connectivity index (χ0v) is 23.7. The van der Waals surface area contributed by atoms with Gasteiger partial charge in [-0.25, -0.2) is 0 Å². The fraction of sp³-hybridized carbons (Fsp3) is 0.406. The van der Waals surface area contributed by atoms with Gasteiger partial charge in [-0.05, 0) is 51.5 Å². The first-order chi connectivity index (χ1) is 19.4. The SMILES string of the molecule is CCN(CC)c1ccc2c(c1)Oc1cc(N(CC)CC)ccc1C21c2ccccc2C(=O)N1C(CO)(CO)CO. The van der Waals surface area contributed by atoms with Gasteiger partial charge in [0.1, 0.15) is 22.6 Å². The fourth-order valence-electron chi connectivity index (χ4n) is 6.47. The summed E-state index contributed by atoms with van der Waals surface area (Å²) in [5, 5.41) is 31.9. The number of ether oxygens (including phenoxy) is 1. The van der Waals surface area contributed by atoms with Crippen LogP contribution in [0.3, 0.4) is 0 Å². The minimum absolute atomic E-state index is 0.368. The van der Waals surface area contributed by atoms with Crippen LogP contribution in [-0.4, -0.2) is 77.7 Å². The summed E-state index contributed by atoms with van der Waals surface area (Å²) in [6, 6.07) is 19.4. The fourth-order valence-corrected chi connectivity index (χ4v) is 6.47. The number of aliphatic hydroxyl groups excluding tert-OH is 3. The van der Waals surface area contributed by atoms with Gasteiger partial charge in [-0.2, -0.15) is 0 Å². The van der Waals surface area contributed by atoms with Gasteiger partial charge < -0.3 is 34.8 Å². The third kappa shape index (κ3) is 3.81. The summed E-state index contributed by atoms with van der Waals surface area (Å²) in [5.74, 6) is 0.809. The van der Waals surface area contributed by atoms with Crippen molar-refractivity contribution in [1.82, 2.24) is 4.90 Å². The maximum atomic E-state index is 14.3. The van der Waals surface area contributed by atoms with Crippen LogP contribution in [0.5, 0.6) is 11.5 Å². The van der Waals surface area contributed by atoms with Gasteiger partial charge in [0.25, 0.3) is 5.91 Å². The Kier molecular flexibility index (Phi) is 7.52. The van der Waals surface area contributed by atoms with Crippen LogP contribution >= 0.6 is 0 Å². The summed E-state index contributed by atoms with van der Waals surface area (Å²) >= 11 is 0. The molecule has 2 aliphatic heterocycles. The molecular weight excluding hydrogens is 506 g/mol. The number of nitrogens with zero attached hydrogens (tertiary/aromatic N) is 3. The van der Waals surface area contributed by atoms with Crippen molar-refractivity contribution in [2.45, 2.75) is 38.8 Å². The number of carbonyl (C=O) groups excluding carboxylic acids is 1. The molecule has 0 atom stereocenters. The van der Waals surface area contributed by atoms with Crippen LogP contribution in [0, 0.1) is 0 Å². The van der Waals surface area contributed by atoms with E-state index in [9.17, 15) is 20.1 Å². The smallest absolute Gasteiger partial charge is 0.256 e. The van der Waals surface area contributed by atoms with Gasteiger partial charge in [-0.15, -0.1) is 0 Å². The molecule has 0 saturated heterocycles. The normalized spacial score (nSPS) is 15.0. The van der Waals surface area contributed by atoms with Crippen molar-refractivity contribution in [3.8, 4) is 11.5 Å². The highest BCUT2D eigenvalue weighted by atomic mass is 16.5. The van der Waals surface area contributed by atoms with Gasteiger partial charge in [0, 0.05) is 66.4 Å². The van der Waals surface area contributed by atoms with E-state index in [1.807, 2.05) is 48.5 Å². The third-order valence-corrected chi connectivity index (χ3v) is 8.63. The molecule has 2 aliphatic rings. The second-order valence-corrected chi connectivity index (χ2v) is 10.4. The Morgan fingerprint density at radius 1 is 0.725 bits per heavy atom. The average molecular weight is 546 g/mol. The Morgan fingerprint density at radius 3 is 1.65 bits per heavy atom. The standard InChI is InChI=1S/C32H39N3O5/c1-5-33(6-2)22-13-15-26-28(17-22)40-29-18-23(34(7-3)8-4)14-16-27(29)32(26)25-12-10-9-11-24(25)30(39)35(32)31(19-36,20-37)21-38/h9-18,36-38H,5-8,19-21H2,1-4H3. The van der Waals surface area contributed by atoms with Gasteiger partial charge in [-0.3, -0.25) is 4.79 Å². The maximum Gasteiger partial charge on any atom is 0.256 e. The highest BCUT2D eigenvalue weighted by Crippen LogP contribution is 2.60. The molecule has 0 radical (unpaired) electrons. The van der Waals surface area contributed by atoms with Crippen LogP contribution < -0.4 is 14.5 Å². The highest BCUT2D eigenvalue weighted by Gasteiger charge is 2.62. The van der Waals surface area contributed by atoms with E-state index in [0.29, 0.717) is 28.2 Å². The first-order valence-electron chi connectivity index (χ1n) is 14.1. The lowest BCUT2D eigenvalue weighted by Gasteiger charge is -2.51. The Bertz CT molecular complexity index is 1330. The zero-order chi connectivity index (χ0) is 28.7. The van der Waals surface area contributed by atoms with Crippen molar-refractivity contribution in [3.63, 3.8) is 0 Å². The summed E-state index contributed by atoms with van der Waals surface area (Å²) in [7, 11) is 0. The molecule has 3 aromatic rings. The maximum absolute atomic E-state index is 14.3. The molecule has 40 heavy (non-hydrogen) atoms. The van der Waals surface area contributed by atoms with Crippen molar-refractivity contribution < 1.29 is 24.9 Å². The van der Waals surface area contributed by atoms with Crippen molar-refractivity contribution in [2.75, 3.05) is 55.8 Å². The zero-order valence-electron chi connectivity index (χ0n) is 23.7. The van der Waals surface area contributed by atoms with E-state index < -0.39 is 30.9 Å². The van der Waals surface area contributed by atoms with Crippen LogP contribution in [-0.2, 0) is 5.54 Å². The average Bonchev–Trinajstić information content (AvgIpc) is 3.25. The largest absolute Gasteiger partial charge is 0.456 e. The first kappa shape index (κ1) is 28.0. The number of aliphatic hydroxyl groups is 3. The Hall–Kier alpha value is -3.59. The molecule has 0 saturated carbocycles. The molecule has 3 aromatic carbocycles. The molecule has 212 valence electrons. The van der Waals surface area contributed by atoms with E-state index in [1.165, 1.54) is 4.90 Å². The highest BCUT2D eigenvalue weighted by molar-refractivity contribution is 6.03. The molecule has 0 aliphatic carbocycles. The van der Waals surface area contributed by atoms with E-state index in [2.05, 4.69) is 37.5 Å². The number of hydrogen-bond acceptors (Lipinski definition) is 7. The van der Waals surface area contributed by atoms with Crippen LogP contribution in [0.15, 0.2) is 60.7 Å². The monoisotopic (exact) mass is 545 g/mol. The molecule has 8 nitrogen and oxygen atoms in total. The molecule has 0 bridgehead atoms. The van der Waals surface area contributed by atoms with Crippen molar-refractivity contribution >= 4 is 17.3 Å². The molecular formula is C32H39N3O5. The lowest BCUT2D eigenvalue weighted by Crippen LogP contribution is -2.65. The minimum atomic E-state index is -1.64. The van der Waals surface area contributed by atoms with Gasteiger partial charge in [-0.1, -0.05) is 30.3 Å². The predicted octanol–water partition coefficient (Wildman–Crippen LogP) is 3.95. The minimum Gasteiger partial charge on any atom is -0.456 e. The van der Waals surface area contributed by atoms with Crippen molar-refractivity contribution in [1.29, 1.82) is 0 Å². The molecule has 2 heterocycles. The van der Waals surface area contributed by atoms with Crippen LogP contribution in [0.2, 0.25) is 0 Å². The van der Waals surface area contributed by atoms with E-state index >= 15 is 0 Å². The Morgan fingerprint density at radius 2 is 1.20 bits per heavy atom. The molecule has 8 heteroatoms. The quantitative estimate of drug-likeness (QED) is 0.355. The number of rotatable bonds is 10. The second kappa shape index (κ2) is 10.8. The first-order valence-corrected chi connectivity index (χ1v) is 14.1. The summed E-state index contributed by atoms with van der Waals surface area (Å²) in [5.41, 5.74) is 1.69. The number of amides is 1. The number of hydrogen-bond donors (Lipinski definition) is 3. The summed E-state index contributed by atoms with van der Waals surface area (Å²) in [4.78, 5) is 20.2. The van der Waals surface area contributed by atoms with E-state index in [-0.39, 0.29) is 5.91 Å². The van der Waals surface area contributed by atoms with Crippen molar-refractivity contribution in [3.05, 3.63) is 82.9 Å². The predicted molar refractivity (Wildman–Crippen MR) is 157 cm³/mol. The number of benzene rings is 3. The van der Waals surface area contributed by atoms with E-state index in [1.54, 1.807) is 12.1 Å². The molecule has 0 unspecified atom stereocenters. The third-order valence-electron chi connectivity index (χ3n) is 8.63. The van der Waals surface area contributed by atoms with Crippen LogP contribution in [0.25, 0.3) is 0 Å². The summed E-state index contributed by atoms with van der Waals surface area (Å²) < 4.78 is 6.66. The van der Waals surface area contributed by atoms with Gasteiger partial charge in [0.05, 0.1) is 19.8 Å². The lowest BCUT2D eigenvalue weighted by molar-refractivity contribution is -0.0594. The van der Waals surface area contributed by atoms with Crippen molar-refractivity contribution in [2.24, 2.45) is 0 Å². The lowest BCUT2D eigenvalue weighted by atomic mass is 9.73. The molecule has 0 aromatic heterocycles. The molecule has 5 rings (SSSR count). The van der Waals surface area contributed by atoms with E-state index in [4.69, 9.17) is 4.74 Å². The topological polar surface area (TPSA) is 96.7 Å². The molecule has 3 N–H and O–H groups in total. The molecule has 1 spiro atoms. The Labute approximate surface area is 236 Å². The molecule has 0 fully saturated rings. The van der Waals surface area contributed by atoms with Gasteiger partial charge in [0.15, 0.2) is 0 Å². The number of fused-ring (bicyclic) bond motifs is 6. The Balaban J connectivity index is 1.90. The summed E-state index contributed by atoms with van der Waals surface area (Å²) in [6.45, 7) is 9.81. The van der Waals surface area contributed by atoms with Gasteiger partial charge in [0.2, 0.25) is 0 Å².